The van der Waals surface area contributed by atoms with Gasteiger partial charge in [0, 0.05) is 40.4 Å². The molecule has 0 aliphatic rings. The van der Waals surface area contributed by atoms with Gasteiger partial charge in [-0.3, -0.25) is 0 Å². The number of pyridine rings is 2. The molecule has 0 aliphatic heterocycles. The van der Waals surface area contributed by atoms with E-state index in [1.807, 2.05) is 46.9 Å². The van der Waals surface area contributed by atoms with Crippen LogP contribution >= 0.6 is 75.4 Å². The van der Waals surface area contributed by atoms with Crippen LogP contribution in [0.15, 0.2) is 125 Å². The molecule has 0 atom stereocenters. The molecule has 0 spiro atoms. The molecule has 2 heterocycles. The van der Waals surface area contributed by atoms with Gasteiger partial charge in [0.2, 0.25) is 0 Å². The summed E-state index contributed by atoms with van der Waals surface area (Å²) in [5, 5.41) is 7.60. The Kier molecular flexibility index (Phi) is 10.8. The molecular weight excluding hydrogens is 776 g/mol. The number of hydrogen-bond acceptors (Lipinski definition) is 4. The number of nitrogens with zero attached hydrogens (tertiary/aromatic N) is 6. The van der Waals surface area contributed by atoms with Crippen LogP contribution < -0.4 is 15.9 Å². The normalized spacial score (nSPS) is 10.6. The zero-order valence-corrected chi connectivity index (χ0v) is 26.8. The smallest absolute Gasteiger partial charge is 0.155 e. The quantitative estimate of drug-likeness (QED) is 0.0444. The van der Waals surface area contributed by atoms with Gasteiger partial charge in [0.25, 0.3) is 0 Å². The summed E-state index contributed by atoms with van der Waals surface area (Å²) in [5.74, 6) is 0. The van der Waals surface area contributed by atoms with Crippen molar-refractivity contribution < 1.29 is 0 Å². The van der Waals surface area contributed by atoms with Crippen LogP contribution in [0.1, 0.15) is 0 Å². The second kappa shape index (κ2) is 14.3. The molecule has 11 heteroatoms. The van der Waals surface area contributed by atoms with Crippen molar-refractivity contribution in [1.82, 2.24) is 9.97 Å². The van der Waals surface area contributed by atoms with Gasteiger partial charge >= 0.3 is 0 Å². The van der Waals surface area contributed by atoms with Gasteiger partial charge in [0.1, 0.15) is 10.8 Å². The lowest BCUT2D eigenvalue weighted by atomic mass is 10.4. The molecule has 0 saturated heterocycles. The number of aromatic nitrogens is 2. The van der Waals surface area contributed by atoms with Crippen LogP contribution in [-0.2, 0) is 0 Å². The largest absolute Gasteiger partial charge is 0.250 e. The van der Waals surface area contributed by atoms with Crippen LogP contribution in [-0.4, -0.2) is 9.97 Å². The van der Waals surface area contributed by atoms with Crippen LogP contribution in [0.4, 0.5) is 11.4 Å². The molecule has 0 amide bonds. The van der Waals surface area contributed by atoms with Crippen LogP contribution in [0.25, 0.3) is 10.4 Å². The average molecular weight is 795 g/mol. The van der Waals surface area contributed by atoms with Crippen LogP contribution in [0.5, 0.6) is 0 Å². The number of rotatable bonds is 5. The topological polar surface area (TPSA) is 86.9 Å². The highest BCUT2D eigenvalue weighted by Gasteiger charge is 2.28. The maximum absolute atomic E-state index is 8.14. The monoisotopic (exact) mass is 794 g/mol. The van der Waals surface area contributed by atoms with Gasteiger partial charge in [0.05, 0.1) is 12.7 Å². The standard InChI is InChI=1S/C23H17ClIN2P.C5H2ClIN4/c24-23-22(21(25)16-17-26-23)27-28(18-10-4-1-5-11-18,19-12-6-2-7-13-19)20-14-8-3-9-15-20;6-5-4(10-11-8)3(7)1-2-9-5/h1-17H;1-2H. The molecule has 5 rings (SSSR count). The minimum absolute atomic E-state index is 0.231. The highest BCUT2D eigenvalue weighted by molar-refractivity contribution is 14.1. The lowest BCUT2D eigenvalue weighted by Gasteiger charge is -2.27. The minimum Gasteiger partial charge on any atom is -0.250 e. The molecule has 0 bridgehead atoms. The van der Waals surface area contributed by atoms with Gasteiger partial charge in [-0.05, 0) is 62.8 Å². The van der Waals surface area contributed by atoms with E-state index < -0.39 is 7.05 Å². The van der Waals surface area contributed by atoms with Crippen LogP contribution in [0.2, 0.25) is 10.3 Å². The summed E-state index contributed by atoms with van der Waals surface area (Å²) in [4.78, 5) is 10.7. The summed E-state index contributed by atoms with van der Waals surface area (Å²) >= 11 is 16.4. The summed E-state index contributed by atoms with van der Waals surface area (Å²) in [5.41, 5.74) is 9.27. The highest BCUT2D eigenvalue weighted by Crippen LogP contribution is 2.50. The van der Waals surface area contributed by atoms with Crippen LogP contribution in [0, 0.1) is 7.14 Å². The Balaban J connectivity index is 0.000000270. The first-order valence-corrected chi connectivity index (χ1v) is 16.1. The van der Waals surface area contributed by atoms with E-state index in [2.05, 4.69) is 115 Å². The van der Waals surface area contributed by atoms with Gasteiger partial charge in [-0.2, -0.15) is 0 Å². The average Bonchev–Trinajstić information content (AvgIpc) is 2.97. The molecule has 6 nitrogen and oxygen atoms in total. The Morgan fingerprint density at radius 3 is 1.36 bits per heavy atom. The van der Waals surface area contributed by atoms with Gasteiger partial charge < -0.3 is 0 Å². The van der Waals surface area contributed by atoms with E-state index in [1.54, 1.807) is 18.5 Å². The third-order valence-corrected chi connectivity index (χ3v) is 11.4. The third-order valence-electron chi connectivity index (χ3n) is 5.45. The molecule has 3 aromatic carbocycles. The Hall–Kier alpha value is -2.46. The van der Waals surface area contributed by atoms with Crippen LogP contribution in [0.3, 0.4) is 0 Å². The van der Waals surface area contributed by atoms with Crippen molar-refractivity contribution in [2.24, 2.45) is 9.86 Å². The molecular formula is C28H19Cl2I2N6P. The lowest BCUT2D eigenvalue weighted by molar-refractivity contribution is 1.28. The minimum atomic E-state index is -2.33. The molecule has 2 aromatic heterocycles. The first kappa shape index (κ1) is 29.5. The fourth-order valence-electron chi connectivity index (χ4n) is 3.74. The summed E-state index contributed by atoms with van der Waals surface area (Å²) in [6.07, 6.45) is 3.28. The molecule has 0 unspecified atom stereocenters. The molecule has 5 aromatic rings. The van der Waals surface area contributed by atoms with Crippen molar-refractivity contribution in [2.75, 3.05) is 0 Å². The van der Waals surface area contributed by atoms with E-state index in [1.165, 1.54) is 15.9 Å². The molecule has 194 valence electrons. The van der Waals surface area contributed by atoms with Gasteiger partial charge in [0.15, 0.2) is 5.15 Å². The Morgan fingerprint density at radius 2 is 1.00 bits per heavy atom. The number of halogens is 4. The fraction of sp³-hybridized carbons (Fsp3) is 0. The zero-order chi connectivity index (χ0) is 27.7. The van der Waals surface area contributed by atoms with Gasteiger partial charge in [-0.25, -0.2) is 14.7 Å². The van der Waals surface area contributed by atoms with E-state index >= 15 is 0 Å². The van der Waals surface area contributed by atoms with Crippen molar-refractivity contribution in [3.63, 3.8) is 0 Å². The summed E-state index contributed by atoms with van der Waals surface area (Å²) in [6.45, 7) is 0. The van der Waals surface area contributed by atoms with Crippen molar-refractivity contribution >= 4 is 103 Å². The van der Waals surface area contributed by atoms with Crippen molar-refractivity contribution in [3.05, 3.63) is 143 Å². The maximum atomic E-state index is 8.14. The highest BCUT2D eigenvalue weighted by atomic mass is 127. The first-order valence-electron chi connectivity index (χ1n) is 11.4. The maximum Gasteiger partial charge on any atom is 0.155 e. The van der Waals surface area contributed by atoms with E-state index in [-0.39, 0.29) is 5.15 Å². The van der Waals surface area contributed by atoms with E-state index in [0.29, 0.717) is 10.8 Å². The number of benzene rings is 3. The third kappa shape index (κ3) is 7.01. The van der Waals surface area contributed by atoms with Gasteiger partial charge in [-0.15, -0.1) is 0 Å². The summed E-state index contributed by atoms with van der Waals surface area (Å²) in [7, 11) is -2.33. The number of azide groups is 1. The first-order chi connectivity index (χ1) is 19.0. The molecule has 0 radical (unpaired) electrons. The second-order valence-corrected chi connectivity index (χ2v) is 13.9. The lowest BCUT2D eigenvalue weighted by Crippen LogP contribution is -2.25. The summed E-state index contributed by atoms with van der Waals surface area (Å²) < 4.78 is 7.19. The Morgan fingerprint density at radius 1 is 0.615 bits per heavy atom. The Labute approximate surface area is 263 Å². The van der Waals surface area contributed by atoms with Crippen molar-refractivity contribution in [3.8, 4) is 0 Å². The van der Waals surface area contributed by atoms with E-state index in [9.17, 15) is 0 Å². The molecule has 0 saturated carbocycles. The molecule has 0 aliphatic carbocycles. The number of hydrogen-bond donors (Lipinski definition) is 0. The van der Waals surface area contributed by atoms with Crippen molar-refractivity contribution in [1.29, 1.82) is 0 Å². The summed E-state index contributed by atoms with van der Waals surface area (Å²) in [6, 6.07) is 35.2. The Bertz CT molecular complexity index is 1520. The second-order valence-electron chi connectivity index (χ2n) is 7.80. The predicted octanol–water partition coefficient (Wildman–Crippen LogP) is 9.43. The van der Waals surface area contributed by atoms with E-state index in [0.717, 1.165) is 12.8 Å². The zero-order valence-electron chi connectivity index (χ0n) is 20.1. The SMILES string of the molecule is Clc1nccc(I)c1N=P(c1ccccc1)(c1ccccc1)c1ccccc1.[N-]=[N+]=Nc1c(I)ccnc1Cl. The van der Waals surface area contributed by atoms with E-state index in [4.69, 9.17) is 33.5 Å². The van der Waals surface area contributed by atoms with Crippen molar-refractivity contribution in [2.45, 2.75) is 0 Å². The molecule has 0 fully saturated rings. The van der Waals surface area contributed by atoms with Gasteiger partial charge in [-0.1, -0.05) is 119 Å². The predicted molar refractivity (Wildman–Crippen MR) is 180 cm³/mol. The molecule has 39 heavy (non-hydrogen) atoms. The fourth-order valence-corrected chi connectivity index (χ4v) is 9.32. The molecule has 0 N–H and O–H groups in total.